The van der Waals surface area contributed by atoms with Crippen molar-refractivity contribution < 1.29 is 9.59 Å². The van der Waals surface area contributed by atoms with E-state index in [0.29, 0.717) is 11.4 Å². The molecule has 1 atom stereocenters. The number of fused-ring (bicyclic) bond motifs is 1. The topological polar surface area (TPSA) is 49.7 Å². The fraction of sp³-hybridized carbons (Fsp3) is 0.188. The molecule has 100 valence electrons. The Labute approximate surface area is 117 Å². The first kappa shape index (κ1) is 12.5. The first-order valence-electron chi connectivity index (χ1n) is 6.47. The van der Waals surface area contributed by atoms with Crippen molar-refractivity contribution in [2.75, 3.05) is 4.90 Å². The predicted octanol–water partition coefficient (Wildman–Crippen LogP) is 2.95. The molecule has 4 heteroatoms. The normalized spacial score (nSPS) is 21.0. The van der Waals surface area contributed by atoms with Crippen molar-refractivity contribution in [2.45, 2.75) is 13.8 Å². The molecule has 0 bridgehead atoms. The monoisotopic (exact) mass is 266 g/mol. The molecule has 2 aliphatic rings. The SMILES string of the molecule is Cc1cccc(N2C(=O)N=C3C=CC=CC3C2=O)c1C. The summed E-state index contributed by atoms with van der Waals surface area (Å²) in [5.74, 6) is -0.702. The van der Waals surface area contributed by atoms with Crippen LogP contribution in [0.2, 0.25) is 0 Å². The lowest BCUT2D eigenvalue weighted by molar-refractivity contribution is -0.118. The quantitative estimate of drug-likeness (QED) is 0.784. The van der Waals surface area contributed by atoms with E-state index in [4.69, 9.17) is 0 Å². The molecule has 4 nitrogen and oxygen atoms in total. The van der Waals surface area contributed by atoms with Crippen molar-refractivity contribution in [1.82, 2.24) is 0 Å². The number of imide groups is 1. The number of nitrogens with zero attached hydrogens (tertiary/aromatic N) is 2. The Bertz CT molecular complexity index is 698. The van der Waals surface area contributed by atoms with E-state index in [0.717, 1.165) is 11.1 Å². The molecule has 3 rings (SSSR count). The van der Waals surface area contributed by atoms with Gasteiger partial charge in [-0.15, -0.1) is 0 Å². The number of carbonyl (C=O) groups is 2. The van der Waals surface area contributed by atoms with Gasteiger partial charge in [-0.1, -0.05) is 30.4 Å². The summed E-state index contributed by atoms with van der Waals surface area (Å²) in [6.07, 6.45) is 7.06. The van der Waals surface area contributed by atoms with Crippen molar-refractivity contribution >= 4 is 23.3 Å². The van der Waals surface area contributed by atoms with Crippen LogP contribution < -0.4 is 4.90 Å². The molecule has 20 heavy (non-hydrogen) atoms. The number of anilines is 1. The molecule has 0 N–H and O–H groups in total. The third-order valence-electron chi connectivity index (χ3n) is 3.72. The van der Waals surface area contributed by atoms with Crippen molar-refractivity contribution in [3.63, 3.8) is 0 Å². The highest BCUT2D eigenvalue weighted by Gasteiger charge is 2.37. The highest BCUT2D eigenvalue weighted by Crippen LogP contribution is 2.29. The molecular weight excluding hydrogens is 252 g/mol. The van der Waals surface area contributed by atoms with Gasteiger partial charge in [-0.05, 0) is 37.1 Å². The van der Waals surface area contributed by atoms with Crippen molar-refractivity contribution in [1.29, 1.82) is 0 Å². The minimum absolute atomic E-state index is 0.241. The molecule has 1 aliphatic heterocycles. The molecular formula is C16H14N2O2. The van der Waals surface area contributed by atoms with E-state index >= 15 is 0 Å². The van der Waals surface area contributed by atoms with Gasteiger partial charge in [-0.2, -0.15) is 4.99 Å². The zero-order valence-corrected chi connectivity index (χ0v) is 11.3. The molecule has 3 amide bonds. The molecule has 0 fully saturated rings. The van der Waals surface area contributed by atoms with E-state index in [1.165, 1.54) is 4.90 Å². The van der Waals surface area contributed by atoms with Crippen LogP contribution in [0.4, 0.5) is 10.5 Å². The number of rotatable bonds is 1. The molecule has 0 saturated heterocycles. The molecule has 1 heterocycles. The van der Waals surface area contributed by atoms with Gasteiger partial charge in [0.2, 0.25) is 5.91 Å². The van der Waals surface area contributed by atoms with Crippen LogP contribution in [0.25, 0.3) is 0 Å². The van der Waals surface area contributed by atoms with Gasteiger partial charge in [0.1, 0.15) is 0 Å². The Hall–Kier alpha value is -2.49. The Morgan fingerprint density at radius 3 is 2.75 bits per heavy atom. The zero-order valence-electron chi connectivity index (χ0n) is 11.3. The van der Waals surface area contributed by atoms with Crippen molar-refractivity contribution in [3.05, 3.63) is 53.6 Å². The molecule has 1 aliphatic carbocycles. The Morgan fingerprint density at radius 2 is 1.95 bits per heavy atom. The second-order valence-electron chi connectivity index (χ2n) is 4.93. The highest BCUT2D eigenvalue weighted by atomic mass is 16.2. The smallest absolute Gasteiger partial charge is 0.273 e. The summed E-state index contributed by atoms with van der Waals surface area (Å²) < 4.78 is 0. The molecule has 1 aromatic carbocycles. The number of amides is 3. The molecule has 0 saturated carbocycles. The van der Waals surface area contributed by atoms with E-state index in [1.54, 1.807) is 30.4 Å². The van der Waals surface area contributed by atoms with E-state index in [2.05, 4.69) is 4.99 Å². The highest BCUT2D eigenvalue weighted by molar-refractivity contribution is 6.30. The zero-order chi connectivity index (χ0) is 14.3. The summed E-state index contributed by atoms with van der Waals surface area (Å²) >= 11 is 0. The van der Waals surface area contributed by atoms with Crippen LogP contribution in [0.15, 0.2) is 47.5 Å². The lowest BCUT2D eigenvalue weighted by Crippen LogP contribution is -2.46. The van der Waals surface area contributed by atoms with E-state index in [-0.39, 0.29) is 5.91 Å². The summed E-state index contributed by atoms with van der Waals surface area (Å²) in [6, 6.07) is 5.06. The number of benzene rings is 1. The number of urea groups is 1. The number of aliphatic imine (C=N–C) groups is 1. The van der Waals surface area contributed by atoms with Gasteiger partial charge in [0.25, 0.3) is 0 Å². The summed E-state index contributed by atoms with van der Waals surface area (Å²) in [4.78, 5) is 30.0. The Kier molecular flexibility index (Phi) is 2.86. The Morgan fingerprint density at radius 1 is 1.15 bits per heavy atom. The first-order chi connectivity index (χ1) is 9.59. The lowest BCUT2D eigenvalue weighted by Gasteiger charge is -2.29. The molecule has 0 aromatic heterocycles. The Balaban J connectivity index is 2.11. The van der Waals surface area contributed by atoms with Gasteiger partial charge in [0, 0.05) is 0 Å². The molecule has 1 aromatic rings. The van der Waals surface area contributed by atoms with Crippen LogP contribution in [0, 0.1) is 19.8 Å². The number of hydrogen-bond acceptors (Lipinski definition) is 2. The van der Waals surface area contributed by atoms with Crippen LogP contribution in [0.3, 0.4) is 0 Å². The summed E-state index contributed by atoms with van der Waals surface area (Å²) in [7, 11) is 0. The average molecular weight is 266 g/mol. The van der Waals surface area contributed by atoms with E-state index in [1.807, 2.05) is 26.0 Å². The number of allylic oxidation sites excluding steroid dienone is 3. The van der Waals surface area contributed by atoms with Gasteiger partial charge in [-0.3, -0.25) is 4.79 Å². The maximum absolute atomic E-state index is 12.6. The van der Waals surface area contributed by atoms with Crippen LogP contribution in [0.1, 0.15) is 11.1 Å². The molecule has 0 spiro atoms. The second kappa shape index (κ2) is 4.56. The number of hydrogen-bond donors (Lipinski definition) is 0. The average Bonchev–Trinajstić information content (AvgIpc) is 2.43. The van der Waals surface area contributed by atoms with Gasteiger partial charge in [-0.25, -0.2) is 9.69 Å². The van der Waals surface area contributed by atoms with Crippen LogP contribution >= 0.6 is 0 Å². The van der Waals surface area contributed by atoms with Crippen LogP contribution in [0.5, 0.6) is 0 Å². The van der Waals surface area contributed by atoms with Gasteiger partial charge < -0.3 is 0 Å². The van der Waals surface area contributed by atoms with Crippen LogP contribution in [-0.2, 0) is 4.79 Å². The summed E-state index contributed by atoms with van der Waals surface area (Å²) in [5.41, 5.74) is 3.09. The minimum Gasteiger partial charge on any atom is -0.273 e. The van der Waals surface area contributed by atoms with Gasteiger partial charge in [0.15, 0.2) is 0 Å². The second-order valence-corrected chi connectivity index (χ2v) is 4.93. The largest absolute Gasteiger partial charge is 0.355 e. The standard InChI is InChI=1S/C16H14N2O2/c1-10-6-5-9-14(11(10)2)18-15(19)12-7-3-4-8-13(12)17-16(18)20/h3-9,12H,1-2H3. The van der Waals surface area contributed by atoms with E-state index in [9.17, 15) is 9.59 Å². The van der Waals surface area contributed by atoms with Gasteiger partial charge in [0.05, 0.1) is 17.3 Å². The summed E-state index contributed by atoms with van der Waals surface area (Å²) in [5, 5.41) is 0. The fourth-order valence-corrected chi connectivity index (χ4v) is 2.44. The van der Waals surface area contributed by atoms with Crippen molar-refractivity contribution in [2.24, 2.45) is 10.9 Å². The first-order valence-corrected chi connectivity index (χ1v) is 6.47. The number of carbonyl (C=O) groups excluding carboxylic acids is 2. The predicted molar refractivity (Wildman–Crippen MR) is 78.0 cm³/mol. The van der Waals surface area contributed by atoms with Crippen LogP contribution in [-0.4, -0.2) is 17.6 Å². The molecule has 0 radical (unpaired) electrons. The summed E-state index contributed by atoms with van der Waals surface area (Å²) in [6.45, 7) is 3.86. The maximum Gasteiger partial charge on any atom is 0.355 e. The third-order valence-corrected chi connectivity index (χ3v) is 3.72. The minimum atomic E-state index is -0.519. The van der Waals surface area contributed by atoms with Gasteiger partial charge >= 0.3 is 6.03 Å². The van der Waals surface area contributed by atoms with Crippen molar-refractivity contribution in [3.8, 4) is 0 Å². The maximum atomic E-state index is 12.6. The third kappa shape index (κ3) is 1.81. The lowest BCUT2D eigenvalue weighted by atomic mass is 9.94. The molecule has 1 unspecified atom stereocenters. The van der Waals surface area contributed by atoms with E-state index < -0.39 is 11.9 Å². The number of aryl methyl sites for hydroxylation is 1. The fourth-order valence-electron chi connectivity index (χ4n) is 2.44.